The Hall–Kier alpha value is -0.680. The average molecular weight is 271 g/mol. The molecule has 0 unspecified atom stereocenters. The van der Waals surface area contributed by atoms with E-state index in [1.54, 1.807) is 0 Å². The molecule has 4 nitrogen and oxygen atoms in total. The highest BCUT2D eigenvalue weighted by atomic mass is 79.9. The predicted molar refractivity (Wildman–Crippen MR) is 56.9 cm³/mol. The molecule has 1 saturated carbocycles. The number of halogens is 1. The van der Waals surface area contributed by atoms with Crippen LogP contribution in [0, 0.1) is 0 Å². The first-order chi connectivity index (χ1) is 7.31. The molecular formula is C10H11BrN2O2. The Morgan fingerprint density at radius 3 is 2.73 bits per heavy atom. The average Bonchev–Trinajstić information content (AvgIpc) is 2.93. The summed E-state index contributed by atoms with van der Waals surface area (Å²) in [7, 11) is 0. The number of rotatable bonds is 3. The zero-order valence-electron chi connectivity index (χ0n) is 8.15. The van der Waals surface area contributed by atoms with Gasteiger partial charge in [0, 0.05) is 12.0 Å². The highest BCUT2D eigenvalue weighted by Gasteiger charge is 2.28. The van der Waals surface area contributed by atoms with E-state index < -0.39 is 0 Å². The summed E-state index contributed by atoms with van der Waals surface area (Å²) < 4.78 is 11.5. The lowest BCUT2D eigenvalue weighted by Gasteiger charge is -2.26. The number of ether oxygens (including phenoxy) is 2. The molecule has 0 bridgehead atoms. The molecule has 2 heterocycles. The molecule has 0 aromatic carbocycles. The molecular weight excluding hydrogens is 260 g/mol. The topological polar surface area (TPSA) is 44.2 Å². The van der Waals surface area contributed by atoms with Gasteiger partial charge >= 0.3 is 0 Å². The molecule has 2 fully saturated rings. The summed E-state index contributed by atoms with van der Waals surface area (Å²) in [6.45, 7) is 1.33. The minimum Gasteiger partial charge on any atom is -0.469 e. The third-order valence-corrected chi connectivity index (χ3v) is 2.93. The Bertz CT molecular complexity index is 378. The van der Waals surface area contributed by atoms with Crippen molar-refractivity contribution in [2.75, 3.05) is 13.2 Å². The zero-order valence-corrected chi connectivity index (χ0v) is 9.74. The van der Waals surface area contributed by atoms with Gasteiger partial charge in [-0.15, -0.1) is 0 Å². The van der Waals surface area contributed by atoms with Gasteiger partial charge in [0.25, 0.3) is 0 Å². The molecule has 0 radical (unpaired) electrons. The van der Waals surface area contributed by atoms with Crippen LogP contribution < -0.4 is 4.74 Å². The first-order valence-corrected chi connectivity index (χ1v) is 5.89. The smallest absolute Gasteiger partial charge is 0.218 e. The van der Waals surface area contributed by atoms with Crippen molar-refractivity contribution in [3.8, 4) is 5.88 Å². The monoisotopic (exact) mass is 270 g/mol. The van der Waals surface area contributed by atoms with Crippen LogP contribution in [0.4, 0.5) is 0 Å². The van der Waals surface area contributed by atoms with E-state index in [-0.39, 0.29) is 6.10 Å². The summed E-state index contributed by atoms with van der Waals surface area (Å²) in [5, 5.41) is 0. The predicted octanol–water partition coefficient (Wildman–Crippen LogP) is 1.89. The molecule has 1 saturated heterocycles. The number of nitrogens with zero attached hydrogens (tertiary/aromatic N) is 2. The standard InChI is InChI=1S/C10H11BrN2O2/c11-8-3-9(15-7-4-14-5-7)13-10(12-8)6-1-2-6/h3,6-7H,1-2,4-5H2. The fraction of sp³-hybridized carbons (Fsp3) is 0.600. The maximum absolute atomic E-state index is 5.64. The summed E-state index contributed by atoms with van der Waals surface area (Å²) in [6.07, 6.45) is 2.56. The van der Waals surface area contributed by atoms with E-state index in [9.17, 15) is 0 Å². The van der Waals surface area contributed by atoms with E-state index in [0.29, 0.717) is 25.0 Å². The lowest BCUT2D eigenvalue weighted by molar-refractivity contribution is -0.0814. The van der Waals surface area contributed by atoms with E-state index in [1.165, 1.54) is 12.8 Å². The second-order valence-electron chi connectivity index (χ2n) is 3.94. The second-order valence-corrected chi connectivity index (χ2v) is 4.75. The van der Waals surface area contributed by atoms with Crippen molar-refractivity contribution in [3.63, 3.8) is 0 Å². The van der Waals surface area contributed by atoms with Crippen molar-refractivity contribution in [1.29, 1.82) is 0 Å². The Morgan fingerprint density at radius 1 is 1.33 bits per heavy atom. The fourth-order valence-corrected chi connectivity index (χ4v) is 1.83. The van der Waals surface area contributed by atoms with Gasteiger partial charge in [0.05, 0.1) is 13.2 Å². The van der Waals surface area contributed by atoms with Crippen LogP contribution in [0.5, 0.6) is 5.88 Å². The highest BCUT2D eigenvalue weighted by molar-refractivity contribution is 9.10. The molecule has 0 N–H and O–H groups in total. The van der Waals surface area contributed by atoms with Crippen molar-refractivity contribution in [2.45, 2.75) is 24.9 Å². The van der Waals surface area contributed by atoms with Crippen molar-refractivity contribution < 1.29 is 9.47 Å². The zero-order chi connectivity index (χ0) is 10.3. The van der Waals surface area contributed by atoms with Crippen LogP contribution in [0.2, 0.25) is 0 Å². The van der Waals surface area contributed by atoms with Gasteiger partial charge in [0.2, 0.25) is 5.88 Å². The van der Waals surface area contributed by atoms with Gasteiger partial charge in [-0.25, -0.2) is 4.98 Å². The van der Waals surface area contributed by atoms with Gasteiger partial charge in [-0.1, -0.05) is 0 Å². The van der Waals surface area contributed by atoms with Crippen LogP contribution in [0.3, 0.4) is 0 Å². The highest BCUT2D eigenvalue weighted by Crippen LogP contribution is 2.39. The van der Waals surface area contributed by atoms with Crippen LogP contribution in [-0.2, 0) is 4.74 Å². The van der Waals surface area contributed by atoms with Gasteiger partial charge in [0.1, 0.15) is 16.5 Å². The quantitative estimate of drug-likeness (QED) is 0.787. The molecule has 15 heavy (non-hydrogen) atoms. The molecule has 1 aliphatic carbocycles. The Balaban J connectivity index is 1.79. The summed E-state index contributed by atoms with van der Waals surface area (Å²) >= 11 is 3.38. The van der Waals surface area contributed by atoms with Gasteiger partial charge in [0.15, 0.2) is 0 Å². The molecule has 1 aliphatic heterocycles. The van der Waals surface area contributed by atoms with Crippen LogP contribution in [-0.4, -0.2) is 29.3 Å². The molecule has 3 rings (SSSR count). The molecule has 1 aromatic rings. The largest absolute Gasteiger partial charge is 0.469 e. The van der Waals surface area contributed by atoms with E-state index >= 15 is 0 Å². The van der Waals surface area contributed by atoms with Gasteiger partial charge in [-0.2, -0.15) is 4.98 Å². The van der Waals surface area contributed by atoms with Gasteiger partial charge in [-0.3, -0.25) is 0 Å². The summed E-state index contributed by atoms with van der Waals surface area (Å²) in [5.41, 5.74) is 0. The number of hydrogen-bond acceptors (Lipinski definition) is 4. The molecule has 80 valence electrons. The molecule has 0 amide bonds. The van der Waals surface area contributed by atoms with E-state index in [0.717, 1.165) is 10.4 Å². The number of hydrogen-bond donors (Lipinski definition) is 0. The van der Waals surface area contributed by atoms with Crippen LogP contribution >= 0.6 is 15.9 Å². The first-order valence-electron chi connectivity index (χ1n) is 5.10. The van der Waals surface area contributed by atoms with E-state index in [2.05, 4.69) is 25.9 Å². The van der Waals surface area contributed by atoms with Crippen LogP contribution in [0.1, 0.15) is 24.6 Å². The third kappa shape index (κ3) is 2.13. The van der Waals surface area contributed by atoms with Crippen LogP contribution in [0.15, 0.2) is 10.7 Å². The van der Waals surface area contributed by atoms with Gasteiger partial charge in [-0.05, 0) is 28.8 Å². The Morgan fingerprint density at radius 2 is 2.13 bits per heavy atom. The molecule has 0 spiro atoms. The number of aromatic nitrogens is 2. The maximum atomic E-state index is 5.64. The van der Waals surface area contributed by atoms with E-state index in [4.69, 9.17) is 9.47 Å². The van der Waals surface area contributed by atoms with E-state index in [1.807, 2.05) is 6.07 Å². The summed E-state index contributed by atoms with van der Waals surface area (Å²) in [6, 6.07) is 1.81. The Kier molecular flexibility index (Phi) is 2.36. The SMILES string of the molecule is Brc1cc(OC2COC2)nc(C2CC2)n1. The lowest BCUT2D eigenvalue weighted by Crippen LogP contribution is -2.38. The molecule has 2 aliphatic rings. The first kappa shape index (κ1) is 9.54. The summed E-state index contributed by atoms with van der Waals surface area (Å²) in [5.74, 6) is 2.11. The Labute approximate surface area is 96.1 Å². The molecule has 1 aromatic heterocycles. The van der Waals surface area contributed by atoms with Gasteiger partial charge < -0.3 is 9.47 Å². The molecule has 0 atom stereocenters. The summed E-state index contributed by atoms with van der Waals surface area (Å²) in [4.78, 5) is 8.74. The molecule has 5 heteroatoms. The normalized spacial score (nSPS) is 21.1. The third-order valence-electron chi connectivity index (χ3n) is 2.53. The van der Waals surface area contributed by atoms with Crippen molar-refractivity contribution in [2.24, 2.45) is 0 Å². The lowest BCUT2D eigenvalue weighted by atomic mass is 10.3. The van der Waals surface area contributed by atoms with Crippen molar-refractivity contribution in [1.82, 2.24) is 9.97 Å². The minimum atomic E-state index is 0.166. The maximum Gasteiger partial charge on any atom is 0.218 e. The van der Waals surface area contributed by atoms with Crippen molar-refractivity contribution >= 4 is 15.9 Å². The van der Waals surface area contributed by atoms with Crippen LogP contribution in [0.25, 0.3) is 0 Å². The van der Waals surface area contributed by atoms with Crippen molar-refractivity contribution in [3.05, 3.63) is 16.5 Å². The minimum absolute atomic E-state index is 0.166. The fourth-order valence-electron chi connectivity index (χ4n) is 1.45. The second kappa shape index (κ2) is 3.72.